The van der Waals surface area contributed by atoms with E-state index in [1.165, 1.54) is 25.3 Å². The number of nitrogens with one attached hydrogen (secondary N) is 1. The second kappa shape index (κ2) is 10.0. The number of hydrogen-bond donors (Lipinski definition) is 1. The van der Waals surface area contributed by atoms with Crippen LogP contribution in [0.5, 0.6) is 6.01 Å². The molecule has 2 fully saturated rings. The number of hydrogen-bond acceptors (Lipinski definition) is 8. The number of aryl methyl sites for hydroxylation is 1. The maximum Gasteiger partial charge on any atom is 0.337 e. The average Bonchev–Trinajstić information content (AvgIpc) is 3.58. The maximum atomic E-state index is 12.7. The molecule has 0 spiro atoms. The van der Waals surface area contributed by atoms with Gasteiger partial charge in [0.25, 0.3) is 5.56 Å². The molecule has 4 rings (SSSR count). The molecule has 184 valence electrons. The molecule has 9 heteroatoms. The van der Waals surface area contributed by atoms with Gasteiger partial charge >= 0.3 is 11.6 Å². The number of fused-ring (bicyclic) bond motifs is 1. The lowest BCUT2D eigenvalue weighted by Crippen LogP contribution is -2.36. The number of unbranched alkanes of at least 4 members (excludes halogenated alkanes) is 1. The molecule has 2 aliphatic rings. The van der Waals surface area contributed by atoms with E-state index in [2.05, 4.69) is 26.6 Å². The van der Waals surface area contributed by atoms with Gasteiger partial charge in [0, 0.05) is 32.0 Å². The summed E-state index contributed by atoms with van der Waals surface area (Å²) in [6, 6.07) is 1.30. The van der Waals surface area contributed by atoms with Crippen molar-refractivity contribution in [3.8, 4) is 6.01 Å². The molecule has 0 unspecified atom stereocenters. The van der Waals surface area contributed by atoms with Crippen LogP contribution in [0.15, 0.2) is 37.7 Å². The highest BCUT2D eigenvalue weighted by atomic mass is 16.6. The molecule has 0 atom stereocenters. The standard InChI is InChI=1S/C25H34N4O5/c1-16(33-25(2,3)4)29-13-11-19(12-14-29)28-34-24-26-22(31)21-18(8-6-5-7-17-9-10-17)15-20(30)32-23(21)27-24/h15,17H,1,5-14H2,2-4H3,(H,26,27,31). The number of nitrogens with zero attached hydrogens (tertiary/aromatic N) is 3. The van der Waals surface area contributed by atoms with E-state index < -0.39 is 11.2 Å². The zero-order valence-electron chi connectivity index (χ0n) is 20.3. The Morgan fingerprint density at radius 2 is 2.00 bits per heavy atom. The molecule has 1 saturated carbocycles. The number of piperidine rings is 1. The Morgan fingerprint density at radius 1 is 1.26 bits per heavy atom. The molecule has 0 bridgehead atoms. The number of aromatic amines is 1. The minimum Gasteiger partial charge on any atom is -0.474 e. The van der Waals surface area contributed by atoms with Crippen molar-refractivity contribution in [2.24, 2.45) is 11.1 Å². The Morgan fingerprint density at radius 3 is 2.68 bits per heavy atom. The fourth-order valence-electron chi connectivity index (χ4n) is 4.16. The van der Waals surface area contributed by atoms with Crippen molar-refractivity contribution in [1.82, 2.24) is 14.9 Å². The summed E-state index contributed by atoms with van der Waals surface area (Å²) < 4.78 is 11.0. The quantitative estimate of drug-likeness (QED) is 0.333. The van der Waals surface area contributed by atoms with Gasteiger partial charge in [0.2, 0.25) is 5.71 Å². The van der Waals surface area contributed by atoms with Crippen molar-refractivity contribution >= 4 is 16.8 Å². The minimum atomic E-state index is -0.523. The van der Waals surface area contributed by atoms with E-state index in [1.807, 2.05) is 20.8 Å². The van der Waals surface area contributed by atoms with Gasteiger partial charge in [-0.1, -0.05) is 30.8 Å². The van der Waals surface area contributed by atoms with E-state index in [0.29, 0.717) is 49.2 Å². The topological polar surface area (TPSA) is 110 Å². The number of likely N-dealkylation sites (tertiary alicyclic amines) is 1. The highest BCUT2D eigenvalue weighted by Crippen LogP contribution is 2.34. The molecule has 1 saturated heterocycles. The molecule has 2 aromatic rings. The zero-order valence-corrected chi connectivity index (χ0v) is 20.3. The summed E-state index contributed by atoms with van der Waals surface area (Å²) in [6.07, 6.45) is 7.86. The van der Waals surface area contributed by atoms with Crippen LogP contribution in [-0.2, 0) is 11.2 Å². The average molecular weight is 471 g/mol. The van der Waals surface area contributed by atoms with Gasteiger partial charge in [0.05, 0.1) is 5.71 Å². The van der Waals surface area contributed by atoms with E-state index in [1.54, 1.807) is 0 Å². The van der Waals surface area contributed by atoms with Gasteiger partial charge < -0.3 is 18.9 Å². The highest BCUT2D eigenvalue weighted by molar-refractivity contribution is 5.85. The van der Waals surface area contributed by atoms with Crippen molar-refractivity contribution < 1.29 is 14.0 Å². The molecule has 1 aliphatic heterocycles. The summed E-state index contributed by atoms with van der Waals surface area (Å²) in [6.45, 7) is 11.4. The van der Waals surface area contributed by atoms with Crippen molar-refractivity contribution in [1.29, 1.82) is 0 Å². The van der Waals surface area contributed by atoms with Crippen LogP contribution in [0.3, 0.4) is 0 Å². The van der Waals surface area contributed by atoms with Gasteiger partial charge in [0.1, 0.15) is 11.0 Å². The summed E-state index contributed by atoms with van der Waals surface area (Å²) in [5.74, 6) is 1.51. The molecular formula is C25H34N4O5. The normalized spacial score (nSPS) is 16.6. The number of aromatic nitrogens is 2. The second-order valence-electron chi connectivity index (χ2n) is 10.2. The van der Waals surface area contributed by atoms with E-state index in [0.717, 1.165) is 24.5 Å². The molecular weight excluding hydrogens is 436 g/mol. The van der Waals surface area contributed by atoms with Crippen LogP contribution in [0.1, 0.15) is 71.3 Å². The van der Waals surface area contributed by atoms with Gasteiger partial charge in [-0.3, -0.25) is 9.78 Å². The van der Waals surface area contributed by atoms with Crippen LogP contribution in [-0.4, -0.2) is 39.3 Å². The molecule has 2 aromatic heterocycles. The Kier molecular flexibility index (Phi) is 7.09. The fourth-order valence-corrected chi connectivity index (χ4v) is 4.16. The number of H-pyrrole nitrogens is 1. The predicted octanol–water partition coefficient (Wildman–Crippen LogP) is 4.12. The molecule has 0 amide bonds. The van der Waals surface area contributed by atoms with Crippen LogP contribution in [0, 0.1) is 5.92 Å². The first-order valence-corrected chi connectivity index (χ1v) is 12.1. The first-order valence-electron chi connectivity index (χ1n) is 12.1. The number of oxime groups is 1. The van der Waals surface area contributed by atoms with Crippen LogP contribution in [0.2, 0.25) is 0 Å². The zero-order chi connectivity index (χ0) is 24.3. The summed E-state index contributed by atoms with van der Waals surface area (Å²) in [4.78, 5) is 39.1. The molecule has 1 aliphatic carbocycles. The van der Waals surface area contributed by atoms with Gasteiger partial charge in [0.15, 0.2) is 5.88 Å². The lowest BCUT2D eigenvalue weighted by Gasteiger charge is -2.34. The van der Waals surface area contributed by atoms with Gasteiger partial charge in [-0.2, -0.15) is 4.98 Å². The number of ether oxygens (including phenoxy) is 1. The van der Waals surface area contributed by atoms with Gasteiger partial charge in [-0.15, -0.1) is 0 Å². The van der Waals surface area contributed by atoms with E-state index >= 15 is 0 Å². The SMILES string of the molecule is C=C(OC(C)(C)C)N1CCC(=NOc2nc3oc(=O)cc(CCCCC4CC4)c3c(=O)[nH]2)CC1. The fraction of sp³-hybridized carbons (Fsp3) is 0.600. The smallest absolute Gasteiger partial charge is 0.337 e. The Labute approximate surface area is 198 Å². The van der Waals surface area contributed by atoms with Crippen molar-refractivity contribution in [3.05, 3.63) is 44.9 Å². The molecule has 3 heterocycles. The first kappa shape index (κ1) is 24.0. The van der Waals surface area contributed by atoms with Crippen LogP contribution >= 0.6 is 0 Å². The Balaban J connectivity index is 1.40. The highest BCUT2D eigenvalue weighted by Gasteiger charge is 2.22. The van der Waals surface area contributed by atoms with E-state index in [4.69, 9.17) is 14.0 Å². The summed E-state index contributed by atoms with van der Waals surface area (Å²) in [5.41, 5.74) is 0.270. The summed E-state index contributed by atoms with van der Waals surface area (Å²) in [7, 11) is 0. The third-order valence-electron chi connectivity index (χ3n) is 6.06. The maximum absolute atomic E-state index is 12.7. The Bertz CT molecular complexity index is 1180. The Hall–Kier alpha value is -3.10. The van der Waals surface area contributed by atoms with Crippen molar-refractivity contribution in [2.75, 3.05) is 13.1 Å². The monoisotopic (exact) mass is 470 g/mol. The molecule has 9 nitrogen and oxygen atoms in total. The third-order valence-corrected chi connectivity index (χ3v) is 6.06. The summed E-state index contributed by atoms with van der Waals surface area (Å²) >= 11 is 0. The lowest BCUT2D eigenvalue weighted by atomic mass is 10.0. The second-order valence-corrected chi connectivity index (χ2v) is 10.2. The third kappa shape index (κ3) is 6.48. The van der Waals surface area contributed by atoms with Gasteiger partial charge in [-0.25, -0.2) is 4.79 Å². The van der Waals surface area contributed by atoms with Crippen LogP contribution in [0.4, 0.5) is 0 Å². The minimum absolute atomic E-state index is 0.0194. The molecule has 0 radical (unpaired) electrons. The van der Waals surface area contributed by atoms with E-state index in [9.17, 15) is 9.59 Å². The predicted molar refractivity (Wildman–Crippen MR) is 130 cm³/mol. The van der Waals surface area contributed by atoms with Crippen LogP contribution in [0.25, 0.3) is 11.1 Å². The largest absolute Gasteiger partial charge is 0.474 e. The number of rotatable bonds is 9. The molecule has 0 aromatic carbocycles. The lowest BCUT2D eigenvalue weighted by molar-refractivity contribution is 0.00263. The van der Waals surface area contributed by atoms with Crippen molar-refractivity contribution in [3.63, 3.8) is 0 Å². The molecule has 34 heavy (non-hydrogen) atoms. The van der Waals surface area contributed by atoms with Crippen LogP contribution < -0.4 is 16.0 Å². The van der Waals surface area contributed by atoms with Gasteiger partial charge in [-0.05, 0) is 51.7 Å². The summed E-state index contributed by atoms with van der Waals surface area (Å²) in [5, 5.41) is 4.47. The van der Waals surface area contributed by atoms with Crippen molar-refractivity contribution in [2.45, 2.75) is 77.7 Å². The molecule has 1 N–H and O–H groups in total. The first-order chi connectivity index (χ1) is 16.2. The van der Waals surface area contributed by atoms with E-state index in [-0.39, 0.29) is 17.3 Å².